The second-order valence-corrected chi connectivity index (χ2v) is 7.17. The van der Waals surface area contributed by atoms with Crippen LogP contribution in [0.1, 0.15) is 43.4 Å². The Morgan fingerprint density at radius 1 is 1.17 bits per heavy atom. The first kappa shape index (κ1) is 19.5. The number of amides is 2. The topological polar surface area (TPSA) is 108 Å². The normalized spacial score (nSPS) is 12.9. The molecule has 0 spiro atoms. The molecule has 8 nitrogen and oxygen atoms in total. The summed E-state index contributed by atoms with van der Waals surface area (Å²) in [5.41, 5.74) is 2.93. The molecule has 4 rings (SSSR count). The van der Waals surface area contributed by atoms with Gasteiger partial charge in [0.15, 0.2) is 0 Å². The van der Waals surface area contributed by atoms with Crippen LogP contribution in [-0.2, 0) is 19.5 Å². The smallest absolute Gasteiger partial charge is 0.256 e. The molecule has 0 fully saturated rings. The molecule has 0 unspecified atom stereocenters. The number of carbonyl (C=O) groups excluding carboxylic acids is 2. The largest absolute Gasteiger partial charge is 0.348 e. The van der Waals surface area contributed by atoms with Crippen molar-refractivity contribution in [1.82, 2.24) is 25.2 Å². The number of aromatic amines is 1. The molecule has 0 atom stereocenters. The highest BCUT2D eigenvalue weighted by Crippen LogP contribution is 2.17. The molecule has 152 valence electrons. The van der Waals surface area contributed by atoms with Crippen LogP contribution in [0.4, 0.5) is 0 Å². The first-order valence-corrected chi connectivity index (χ1v) is 9.66. The van der Waals surface area contributed by atoms with E-state index in [0.29, 0.717) is 42.0 Å². The van der Waals surface area contributed by atoms with Gasteiger partial charge in [0.05, 0.1) is 17.8 Å². The van der Waals surface area contributed by atoms with Crippen LogP contribution in [0.15, 0.2) is 53.6 Å². The molecule has 0 saturated heterocycles. The molecular weight excluding hydrogens is 382 g/mol. The van der Waals surface area contributed by atoms with Crippen LogP contribution < -0.4 is 10.9 Å². The Hall–Kier alpha value is -3.81. The van der Waals surface area contributed by atoms with E-state index in [9.17, 15) is 14.4 Å². The van der Waals surface area contributed by atoms with Gasteiger partial charge in [0.2, 0.25) is 0 Å². The zero-order valence-corrected chi connectivity index (χ0v) is 16.5. The number of hydrogen-bond acceptors (Lipinski definition) is 5. The van der Waals surface area contributed by atoms with Crippen LogP contribution in [0.2, 0.25) is 0 Å². The molecule has 1 aromatic carbocycles. The maximum absolute atomic E-state index is 12.9. The van der Waals surface area contributed by atoms with E-state index in [-0.39, 0.29) is 23.9 Å². The number of pyridine rings is 1. The molecule has 8 heteroatoms. The molecule has 30 heavy (non-hydrogen) atoms. The number of hydrogen-bond donors (Lipinski definition) is 2. The van der Waals surface area contributed by atoms with E-state index in [2.05, 4.69) is 20.3 Å². The van der Waals surface area contributed by atoms with Crippen LogP contribution in [0, 0.1) is 6.92 Å². The maximum Gasteiger partial charge on any atom is 0.256 e. The van der Waals surface area contributed by atoms with Crippen molar-refractivity contribution in [3.05, 3.63) is 92.9 Å². The molecule has 0 radical (unpaired) electrons. The van der Waals surface area contributed by atoms with Crippen LogP contribution >= 0.6 is 0 Å². The Balaban J connectivity index is 1.42. The van der Waals surface area contributed by atoms with Crippen LogP contribution in [-0.4, -0.2) is 38.2 Å². The van der Waals surface area contributed by atoms with E-state index >= 15 is 0 Å². The molecule has 2 amide bonds. The van der Waals surface area contributed by atoms with Crippen molar-refractivity contribution in [3.63, 3.8) is 0 Å². The number of benzene rings is 1. The Morgan fingerprint density at radius 3 is 2.67 bits per heavy atom. The Morgan fingerprint density at radius 2 is 1.93 bits per heavy atom. The van der Waals surface area contributed by atoms with Crippen LogP contribution in [0.25, 0.3) is 0 Å². The molecule has 3 aromatic rings. The van der Waals surface area contributed by atoms with Gasteiger partial charge in [-0.3, -0.25) is 19.4 Å². The van der Waals surface area contributed by atoms with E-state index < -0.39 is 0 Å². The second-order valence-electron chi connectivity index (χ2n) is 7.17. The average Bonchev–Trinajstić information content (AvgIpc) is 2.77. The number of aromatic nitrogens is 3. The lowest BCUT2D eigenvalue weighted by Crippen LogP contribution is -2.39. The van der Waals surface area contributed by atoms with Gasteiger partial charge in [0.25, 0.3) is 17.4 Å². The number of aryl methyl sites for hydroxylation is 1. The zero-order chi connectivity index (χ0) is 21.1. The summed E-state index contributed by atoms with van der Waals surface area (Å²) in [5.74, 6) is 0.177. The minimum atomic E-state index is -0.224. The van der Waals surface area contributed by atoms with Crippen molar-refractivity contribution in [2.45, 2.75) is 26.4 Å². The molecule has 2 aromatic heterocycles. The molecule has 3 heterocycles. The third-order valence-corrected chi connectivity index (χ3v) is 5.04. The molecule has 0 saturated carbocycles. The Bertz CT molecular complexity index is 1140. The fraction of sp³-hybridized carbons (Fsp3) is 0.227. The van der Waals surface area contributed by atoms with Crippen molar-refractivity contribution in [2.75, 3.05) is 6.54 Å². The van der Waals surface area contributed by atoms with Gasteiger partial charge in [0.1, 0.15) is 5.82 Å². The molecule has 1 aliphatic rings. The predicted molar refractivity (Wildman–Crippen MR) is 110 cm³/mol. The van der Waals surface area contributed by atoms with Gasteiger partial charge in [-0.05, 0) is 42.8 Å². The van der Waals surface area contributed by atoms with Crippen LogP contribution in [0.3, 0.4) is 0 Å². The quantitative estimate of drug-likeness (QED) is 0.688. The second kappa shape index (κ2) is 8.28. The van der Waals surface area contributed by atoms with E-state index in [1.807, 2.05) is 12.1 Å². The van der Waals surface area contributed by atoms with E-state index in [4.69, 9.17) is 0 Å². The number of nitrogens with one attached hydrogen (secondary N) is 2. The summed E-state index contributed by atoms with van der Waals surface area (Å²) >= 11 is 0. The first-order chi connectivity index (χ1) is 14.5. The van der Waals surface area contributed by atoms with Crippen molar-refractivity contribution in [1.29, 1.82) is 0 Å². The minimum Gasteiger partial charge on any atom is -0.348 e. The molecule has 0 bridgehead atoms. The summed E-state index contributed by atoms with van der Waals surface area (Å²) in [7, 11) is 0. The Labute approximate surface area is 173 Å². The standard InChI is InChI=1S/C22H21N5O3/c1-14-25-19-8-10-27(13-18(19)21(29)26-14)22(30)17-6-4-16(5-7-17)20(28)24-12-15-3-2-9-23-11-15/h2-7,9,11H,8,10,12-13H2,1H3,(H,24,28)(H,25,26,29). The lowest BCUT2D eigenvalue weighted by Gasteiger charge is -2.27. The van der Waals surface area contributed by atoms with Crippen molar-refractivity contribution in [2.24, 2.45) is 0 Å². The predicted octanol–water partition coefficient (Wildman–Crippen LogP) is 1.60. The van der Waals surface area contributed by atoms with Gasteiger partial charge >= 0.3 is 0 Å². The SMILES string of the molecule is Cc1nc2c(c(=O)[nH]1)CN(C(=O)c1ccc(C(=O)NCc3cccnc3)cc1)CC2. The zero-order valence-electron chi connectivity index (χ0n) is 16.5. The highest BCUT2D eigenvalue weighted by Gasteiger charge is 2.25. The van der Waals surface area contributed by atoms with Gasteiger partial charge in [-0.1, -0.05) is 6.07 Å². The lowest BCUT2D eigenvalue weighted by atomic mass is 10.0. The number of nitrogens with zero attached hydrogens (tertiary/aromatic N) is 3. The molecule has 2 N–H and O–H groups in total. The van der Waals surface area contributed by atoms with Crippen molar-refractivity contribution < 1.29 is 9.59 Å². The third kappa shape index (κ3) is 4.12. The average molecular weight is 403 g/mol. The van der Waals surface area contributed by atoms with Gasteiger partial charge in [0, 0.05) is 43.0 Å². The van der Waals surface area contributed by atoms with Crippen molar-refractivity contribution >= 4 is 11.8 Å². The summed E-state index contributed by atoms with van der Waals surface area (Å²) in [4.78, 5) is 50.1. The first-order valence-electron chi connectivity index (χ1n) is 9.66. The van der Waals surface area contributed by atoms with Crippen LogP contribution in [0.5, 0.6) is 0 Å². The summed E-state index contributed by atoms with van der Waals surface area (Å²) in [6.07, 6.45) is 3.91. The number of carbonyl (C=O) groups is 2. The monoisotopic (exact) mass is 403 g/mol. The summed E-state index contributed by atoms with van der Waals surface area (Å²) in [5, 5.41) is 2.83. The number of rotatable bonds is 4. The minimum absolute atomic E-state index is 0.178. The van der Waals surface area contributed by atoms with E-state index in [1.54, 1.807) is 48.5 Å². The van der Waals surface area contributed by atoms with E-state index in [1.165, 1.54) is 0 Å². The summed E-state index contributed by atoms with van der Waals surface area (Å²) in [6, 6.07) is 10.2. The van der Waals surface area contributed by atoms with Crippen molar-refractivity contribution in [3.8, 4) is 0 Å². The Kier molecular flexibility index (Phi) is 5.38. The number of H-pyrrole nitrogens is 1. The van der Waals surface area contributed by atoms with Gasteiger partial charge < -0.3 is 15.2 Å². The van der Waals surface area contributed by atoms with Gasteiger partial charge in [-0.2, -0.15) is 0 Å². The molecule has 0 aliphatic carbocycles. The lowest BCUT2D eigenvalue weighted by molar-refractivity contribution is 0.0732. The third-order valence-electron chi connectivity index (χ3n) is 5.04. The fourth-order valence-electron chi connectivity index (χ4n) is 3.46. The highest BCUT2D eigenvalue weighted by molar-refractivity contribution is 5.97. The van der Waals surface area contributed by atoms with Gasteiger partial charge in [-0.15, -0.1) is 0 Å². The maximum atomic E-state index is 12.9. The summed E-state index contributed by atoms with van der Waals surface area (Å²) in [6.45, 7) is 2.84. The van der Waals surface area contributed by atoms with E-state index in [0.717, 1.165) is 11.3 Å². The van der Waals surface area contributed by atoms with Gasteiger partial charge in [-0.25, -0.2) is 4.98 Å². The molecular formula is C22H21N5O3. The number of fused-ring (bicyclic) bond motifs is 1. The molecule has 1 aliphatic heterocycles. The fourth-order valence-corrected chi connectivity index (χ4v) is 3.46. The summed E-state index contributed by atoms with van der Waals surface area (Å²) < 4.78 is 0. The highest BCUT2D eigenvalue weighted by atomic mass is 16.2.